The van der Waals surface area contributed by atoms with Crippen LogP contribution in [0.1, 0.15) is 41.6 Å². The predicted octanol–water partition coefficient (Wildman–Crippen LogP) is 7.92. The number of carbonyl (C=O) groups excluding carboxylic acids is 1. The predicted molar refractivity (Wildman–Crippen MR) is 149 cm³/mol. The number of benzene rings is 4. The van der Waals surface area contributed by atoms with E-state index in [2.05, 4.69) is 121 Å². The van der Waals surface area contributed by atoms with Crippen molar-refractivity contribution in [3.05, 3.63) is 131 Å². The fourth-order valence-corrected chi connectivity index (χ4v) is 6.17. The molecule has 2 aliphatic rings. The number of carbonyl (C=O) groups is 1. The number of nitrogens with zero attached hydrogens (tertiary/aromatic N) is 1. The monoisotopic (exact) mass is 469 g/mol. The molecule has 1 saturated heterocycles. The quantitative estimate of drug-likeness (QED) is 0.215. The summed E-state index contributed by atoms with van der Waals surface area (Å²) in [5.41, 5.74) is 4.79. The van der Waals surface area contributed by atoms with Gasteiger partial charge in [0, 0.05) is 18.4 Å². The van der Waals surface area contributed by atoms with E-state index in [9.17, 15) is 4.79 Å². The van der Waals surface area contributed by atoms with Gasteiger partial charge in [-0.1, -0.05) is 128 Å². The molecule has 2 heteroatoms. The van der Waals surface area contributed by atoms with E-state index in [1.54, 1.807) is 0 Å². The molecule has 1 aliphatic carbocycles. The zero-order chi connectivity index (χ0) is 24.5. The van der Waals surface area contributed by atoms with Gasteiger partial charge in [0.2, 0.25) is 5.91 Å². The highest BCUT2D eigenvalue weighted by Crippen LogP contribution is 2.50. The van der Waals surface area contributed by atoms with Crippen LogP contribution in [0.3, 0.4) is 0 Å². The van der Waals surface area contributed by atoms with Crippen molar-refractivity contribution >= 4 is 28.8 Å². The molecule has 4 atom stereocenters. The Bertz CT molecular complexity index is 1440. The van der Waals surface area contributed by atoms with Crippen molar-refractivity contribution in [3.63, 3.8) is 0 Å². The Morgan fingerprint density at radius 2 is 1.56 bits per heavy atom. The second kappa shape index (κ2) is 9.62. The lowest BCUT2D eigenvalue weighted by atomic mass is 9.74. The summed E-state index contributed by atoms with van der Waals surface area (Å²) in [6.45, 7) is 2.87. The maximum absolute atomic E-state index is 14.0. The molecular weight excluding hydrogens is 438 g/mol. The second-order valence-corrected chi connectivity index (χ2v) is 10.2. The Kier molecular flexibility index (Phi) is 6.03. The van der Waals surface area contributed by atoms with Crippen LogP contribution in [-0.2, 0) is 11.3 Å². The van der Waals surface area contributed by atoms with Gasteiger partial charge in [0.1, 0.15) is 0 Å². The van der Waals surface area contributed by atoms with Gasteiger partial charge in [0.15, 0.2) is 0 Å². The van der Waals surface area contributed by atoms with Crippen molar-refractivity contribution in [1.82, 2.24) is 4.90 Å². The molecular formula is C34H31NO. The van der Waals surface area contributed by atoms with Crippen LogP contribution >= 0.6 is 0 Å². The summed E-state index contributed by atoms with van der Waals surface area (Å²) in [7, 11) is 0. The third kappa shape index (κ3) is 4.07. The average molecular weight is 470 g/mol. The molecule has 1 fully saturated rings. The molecule has 4 aromatic carbocycles. The van der Waals surface area contributed by atoms with Crippen LogP contribution in [0.4, 0.5) is 0 Å². The third-order valence-electron chi connectivity index (χ3n) is 7.92. The summed E-state index contributed by atoms with van der Waals surface area (Å²) in [4.78, 5) is 16.1. The minimum absolute atomic E-state index is 0.00161. The maximum Gasteiger partial charge on any atom is 0.227 e. The van der Waals surface area contributed by atoms with Gasteiger partial charge in [-0.25, -0.2) is 0 Å². The normalized spacial score (nSPS) is 23.5. The number of hydrogen-bond acceptors (Lipinski definition) is 1. The van der Waals surface area contributed by atoms with Gasteiger partial charge in [-0.3, -0.25) is 4.79 Å². The summed E-state index contributed by atoms with van der Waals surface area (Å²) >= 11 is 0. The van der Waals surface area contributed by atoms with E-state index in [1.807, 2.05) is 12.1 Å². The Balaban J connectivity index is 1.52. The first-order valence-corrected chi connectivity index (χ1v) is 13.0. The molecule has 1 amide bonds. The van der Waals surface area contributed by atoms with Gasteiger partial charge >= 0.3 is 0 Å². The van der Waals surface area contributed by atoms with Crippen LogP contribution in [0.5, 0.6) is 0 Å². The van der Waals surface area contributed by atoms with Gasteiger partial charge in [-0.15, -0.1) is 0 Å². The molecule has 0 bridgehead atoms. The van der Waals surface area contributed by atoms with Crippen LogP contribution in [0.2, 0.25) is 0 Å². The first-order valence-electron chi connectivity index (χ1n) is 13.0. The number of rotatable bonds is 5. The minimum Gasteiger partial charge on any atom is -0.330 e. The van der Waals surface area contributed by atoms with Crippen LogP contribution < -0.4 is 0 Å². The molecule has 4 aromatic rings. The highest BCUT2D eigenvalue weighted by atomic mass is 16.2. The molecule has 0 aromatic heterocycles. The number of hydrogen-bond donors (Lipinski definition) is 0. The Morgan fingerprint density at radius 3 is 2.36 bits per heavy atom. The number of allylic oxidation sites excluding steroid dienone is 1. The highest BCUT2D eigenvalue weighted by molar-refractivity contribution is 5.95. The Hall–Kier alpha value is -3.91. The van der Waals surface area contributed by atoms with E-state index in [0.29, 0.717) is 12.5 Å². The van der Waals surface area contributed by atoms with Crippen molar-refractivity contribution in [2.45, 2.75) is 25.9 Å². The molecule has 2 nitrogen and oxygen atoms in total. The van der Waals surface area contributed by atoms with Crippen molar-refractivity contribution in [2.75, 3.05) is 0 Å². The fraction of sp³-hybridized carbons (Fsp3) is 0.206. The molecule has 178 valence electrons. The van der Waals surface area contributed by atoms with Crippen LogP contribution in [0, 0.1) is 17.8 Å². The summed E-state index contributed by atoms with van der Waals surface area (Å²) in [6, 6.07) is 33.9. The van der Waals surface area contributed by atoms with Crippen molar-refractivity contribution in [1.29, 1.82) is 0 Å². The summed E-state index contributed by atoms with van der Waals surface area (Å²) in [5.74, 6) is 0.840. The van der Waals surface area contributed by atoms with Crippen LogP contribution in [0.15, 0.2) is 109 Å². The van der Waals surface area contributed by atoms with Crippen LogP contribution in [-0.4, -0.2) is 10.8 Å². The highest BCUT2D eigenvalue weighted by Gasteiger charge is 2.50. The second-order valence-electron chi connectivity index (χ2n) is 10.2. The van der Waals surface area contributed by atoms with Gasteiger partial charge in [-0.05, 0) is 45.4 Å². The standard InChI is InChI=1S/C34H31NO/c1-24-11-10-18-31-32(24)34(36)35(23-26-14-6-3-7-15-26)33(31)30-22-20-27-16-8-9-17-28(27)29(30)21-19-25-12-4-2-5-13-25/h2-10,12-22,24,31-33H,11,23H2,1H3/b21-19+/t24-,31+,32+,33+/m1/s1. The fourth-order valence-electron chi connectivity index (χ4n) is 6.17. The molecule has 0 N–H and O–H groups in total. The third-order valence-corrected chi connectivity index (χ3v) is 7.92. The summed E-state index contributed by atoms with van der Waals surface area (Å²) in [5, 5.41) is 2.45. The maximum atomic E-state index is 14.0. The van der Waals surface area contributed by atoms with E-state index in [-0.39, 0.29) is 23.8 Å². The van der Waals surface area contributed by atoms with Crippen LogP contribution in [0.25, 0.3) is 22.9 Å². The zero-order valence-corrected chi connectivity index (χ0v) is 20.6. The Labute approximate surface area is 213 Å². The van der Waals surface area contributed by atoms with E-state index in [0.717, 1.165) is 6.42 Å². The lowest BCUT2D eigenvalue weighted by molar-refractivity contribution is -0.134. The minimum atomic E-state index is 0.00161. The number of likely N-dealkylation sites (tertiary alicyclic amines) is 1. The first kappa shape index (κ1) is 22.5. The molecule has 0 radical (unpaired) electrons. The van der Waals surface area contributed by atoms with E-state index in [4.69, 9.17) is 0 Å². The molecule has 0 saturated carbocycles. The largest absolute Gasteiger partial charge is 0.330 e. The van der Waals surface area contributed by atoms with E-state index >= 15 is 0 Å². The van der Waals surface area contributed by atoms with Gasteiger partial charge in [0.05, 0.1) is 6.04 Å². The molecule has 6 rings (SSSR count). The van der Waals surface area contributed by atoms with Gasteiger partial charge in [0.25, 0.3) is 0 Å². The van der Waals surface area contributed by atoms with Gasteiger partial charge in [-0.2, -0.15) is 0 Å². The molecule has 0 spiro atoms. The topological polar surface area (TPSA) is 20.3 Å². The average Bonchev–Trinajstić information content (AvgIpc) is 3.20. The SMILES string of the molecule is C[C@@H]1CC=C[C@H]2[C@H]1C(=O)N(Cc1ccccc1)[C@H]2c1ccc2ccccc2c1/C=C/c1ccccc1. The molecule has 1 aliphatic heterocycles. The zero-order valence-electron chi connectivity index (χ0n) is 20.6. The van der Waals surface area contributed by atoms with E-state index < -0.39 is 0 Å². The van der Waals surface area contributed by atoms with Crippen molar-refractivity contribution in [3.8, 4) is 0 Å². The Morgan fingerprint density at radius 1 is 0.833 bits per heavy atom. The first-order chi connectivity index (χ1) is 17.7. The van der Waals surface area contributed by atoms with Crippen molar-refractivity contribution < 1.29 is 4.79 Å². The molecule has 36 heavy (non-hydrogen) atoms. The smallest absolute Gasteiger partial charge is 0.227 e. The number of fused-ring (bicyclic) bond motifs is 2. The summed E-state index contributed by atoms with van der Waals surface area (Å²) < 4.78 is 0. The van der Waals surface area contributed by atoms with E-state index in [1.165, 1.54) is 33.0 Å². The lowest BCUT2D eigenvalue weighted by Crippen LogP contribution is -2.31. The summed E-state index contributed by atoms with van der Waals surface area (Å²) in [6.07, 6.45) is 10.0. The van der Waals surface area contributed by atoms with Gasteiger partial charge < -0.3 is 4.90 Å². The lowest BCUT2D eigenvalue weighted by Gasteiger charge is -2.31. The van der Waals surface area contributed by atoms with Crippen molar-refractivity contribution in [2.24, 2.45) is 17.8 Å². The molecule has 1 heterocycles. The number of amides is 1. The molecule has 0 unspecified atom stereocenters.